The quantitative estimate of drug-likeness (QED) is 0.363. The Morgan fingerprint density at radius 2 is 1.72 bits per heavy atom. The zero-order valence-electron chi connectivity index (χ0n) is 17.7. The average molecular weight is 448 g/mol. The zero-order chi connectivity index (χ0) is 22.7. The third kappa shape index (κ3) is 4.86. The molecule has 4 nitrogen and oxygen atoms in total. The van der Waals surface area contributed by atoms with Gasteiger partial charge in [0.25, 0.3) is 0 Å². The summed E-state index contributed by atoms with van der Waals surface area (Å²) in [5, 5.41) is 1.90. The molecule has 162 valence electrons. The van der Waals surface area contributed by atoms with Crippen molar-refractivity contribution >= 4 is 26.8 Å². The van der Waals surface area contributed by atoms with Crippen molar-refractivity contribution in [3.8, 4) is 5.75 Å². The first-order chi connectivity index (χ1) is 15.3. The first kappa shape index (κ1) is 21.7. The number of nitrogens with zero attached hydrogens (tertiary/aromatic N) is 1. The lowest BCUT2D eigenvalue weighted by atomic mass is 10.1. The number of ether oxygens (including phenoxy) is 1. The van der Waals surface area contributed by atoms with Gasteiger partial charge in [-0.15, -0.1) is 0 Å². The van der Waals surface area contributed by atoms with Crippen LogP contribution in [0.5, 0.6) is 5.75 Å². The lowest BCUT2D eigenvalue weighted by Crippen LogP contribution is -2.00. The highest BCUT2D eigenvalue weighted by Crippen LogP contribution is 2.23. The minimum atomic E-state index is -3.58. The number of benzene rings is 3. The maximum Gasteiger partial charge on any atom is 0.199 e. The van der Waals surface area contributed by atoms with Gasteiger partial charge in [0.05, 0.1) is 10.4 Å². The first-order valence-electron chi connectivity index (χ1n) is 10.1. The van der Waals surface area contributed by atoms with E-state index in [1.165, 1.54) is 29.7 Å². The number of sulfone groups is 1. The summed E-state index contributed by atoms with van der Waals surface area (Å²) in [6, 6.07) is 20.2. The van der Waals surface area contributed by atoms with E-state index in [0.29, 0.717) is 16.7 Å². The fourth-order valence-electron chi connectivity index (χ4n) is 3.44. The molecule has 4 aromatic rings. The van der Waals surface area contributed by atoms with Crippen LogP contribution in [0.25, 0.3) is 17.0 Å². The van der Waals surface area contributed by atoms with Crippen molar-refractivity contribution in [2.24, 2.45) is 0 Å². The van der Waals surface area contributed by atoms with Crippen molar-refractivity contribution in [1.82, 2.24) is 4.98 Å². The van der Waals surface area contributed by atoms with Gasteiger partial charge in [0.1, 0.15) is 18.2 Å². The molecule has 0 aliphatic heterocycles. The van der Waals surface area contributed by atoms with Crippen LogP contribution in [0.1, 0.15) is 22.4 Å². The Morgan fingerprint density at radius 3 is 2.47 bits per heavy atom. The molecule has 0 radical (unpaired) electrons. The molecule has 0 unspecified atom stereocenters. The molecular formula is C26H22FNO3S. The second-order valence-electron chi connectivity index (χ2n) is 7.55. The number of aryl methyl sites for hydroxylation is 2. The lowest BCUT2D eigenvalue weighted by Gasteiger charge is -2.11. The topological polar surface area (TPSA) is 56.3 Å². The van der Waals surface area contributed by atoms with Gasteiger partial charge in [0.2, 0.25) is 0 Å². The minimum absolute atomic E-state index is 0.182. The predicted molar refractivity (Wildman–Crippen MR) is 125 cm³/mol. The SMILES string of the molecule is Cc1cc(COc2ccc(S(=O)(=O)C=Cc3ccccc3C)cc2)c2cc(F)ccc2n1. The highest BCUT2D eigenvalue weighted by atomic mass is 32.2. The number of hydrogen-bond donors (Lipinski definition) is 0. The van der Waals surface area contributed by atoms with Gasteiger partial charge in [-0.3, -0.25) is 4.98 Å². The predicted octanol–water partition coefficient (Wildman–Crippen LogP) is 6.01. The number of pyridine rings is 1. The Hall–Kier alpha value is -3.51. The molecule has 32 heavy (non-hydrogen) atoms. The van der Waals surface area contributed by atoms with Crippen LogP contribution in [-0.2, 0) is 16.4 Å². The van der Waals surface area contributed by atoms with E-state index in [-0.39, 0.29) is 17.3 Å². The van der Waals surface area contributed by atoms with E-state index in [2.05, 4.69) is 4.98 Å². The Labute approximate surface area is 186 Å². The minimum Gasteiger partial charge on any atom is -0.489 e. The van der Waals surface area contributed by atoms with Crippen LogP contribution in [0.4, 0.5) is 4.39 Å². The van der Waals surface area contributed by atoms with Gasteiger partial charge in [-0.1, -0.05) is 24.3 Å². The fraction of sp³-hybridized carbons (Fsp3) is 0.115. The van der Waals surface area contributed by atoms with Crippen LogP contribution >= 0.6 is 0 Å². The molecule has 1 heterocycles. The van der Waals surface area contributed by atoms with Gasteiger partial charge in [-0.05, 0) is 79.6 Å². The molecule has 0 N–H and O–H groups in total. The van der Waals surface area contributed by atoms with Crippen LogP contribution in [-0.4, -0.2) is 13.4 Å². The highest BCUT2D eigenvalue weighted by Gasteiger charge is 2.11. The van der Waals surface area contributed by atoms with Crippen molar-refractivity contribution < 1.29 is 17.5 Å². The molecule has 4 rings (SSSR count). The summed E-state index contributed by atoms with van der Waals surface area (Å²) >= 11 is 0. The summed E-state index contributed by atoms with van der Waals surface area (Å²) in [5.41, 5.74) is 4.18. The van der Waals surface area contributed by atoms with Crippen molar-refractivity contribution in [2.75, 3.05) is 0 Å². The van der Waals surface area contributed by atoms with Crippen molar-refractivity contribution in [3.05, 3.63) is 106 Å². The standard InChI is InChI=1S/C26H22FNO3S/c1-18-5-3-4-6-20(18)13-14-32(29,30)24-10-8-23(9-11-24)31-17-21-15-19(2)28-26-12-7-22(27)16-25(21)26/h3-16H,17H2,1-2H3. The summed E-state index contributed by atoms with van der Waals surface area (Å²) in [5.74, 6) is 0.184. The third-order valence-electron chi connectivity index (χ3n) is 5.15. The smallest absolute Gasteiger partial charge is 0.199 e. The average Bonchev–Trinajstić information content (AvgIpc) is 2.77. The third-order valence-corrected chi connectivity index (χ3v) is 6.57. The van der Waals surface area contributed by atoms with E-state index in [4.69, 9.17) is 4.74 Å². The van der Waals surface area contributed by atoms with E-state index in [1.54, 1.807) is 24.3 Å². The second-order valence-corrected chi connectivity index (χ2v) is 9.38. The number of fused-ring (bicyclic) bond motifs is 1. The molecule has 0 saturated heterocycles. The molecule has 0 bridgehead atoms. The fourth-order valence-corrected chi connectivity index (χ4v) is 4.43. The van der Waals surface area contributed by atoms with Crippen molar-refractivity contribution in [3.63, 3.8) is 0 Å². The molecule has 6 heteroatoms. The number of halogens is 1. The molecule has 0 atom stereocenters. The highest BCUT2D eigenvalue weighted by molar-refractivity contribution is 7.94. The summed E-state index contributed by atoms with van der Waals surface area (Å²) in [7, 11) is -3.58. The number of rotatable bonds is 6. The second kappa shape index (κ2) is 8.93. The molecule has 0 saturated carbocycles. The monoisotopic (exact) mass is 447 g/mol. The molecule has 3 aromatic carbocycles. The molecule has 0 fully saturated rings. The van der Waals surface area contributed by atoms with E-state index in [9.17, 15) is 12.8 Å². The van der Waals surface area contributed by atoms with Gasteiger partial charge < -0.3 is 4.74 Å². The van der Waals surface area contributed by atoms with Gasteiger partial charge in [-0.2, -0.15) is 0 Å². The van der Waals surface area contributed by atoms with Crippen molar-refractivity contribution in [1.29, 1.82) is 0 Å². The lowest BCUT2D eigenvalue weighted by molar-refractivity contribution is 0.307. The molecule has 0 amide bonds. The molecular weight excluding hydrogens is 425 g/mol. The maximum absolute atomic E-state index is 13.7. The maximum atomic E-state index is 13.7. The number of hydrogen-bond acceptors (Lipinski definition) is 4. The van der Waals surface area contributed by atoms with Crippen LogP contribution < -0.4 is 4.74 Å². The van der Waals surface area contributed by atoms with Crippen LogP contribution in [0.3, 0.4) is 0 Å². The van der Waals surface area contributed by atoms with E-state index >= 15 is 0 Å². The van der Waals surface area contributed by atoms with Crippen LogP contribution in [0.2, 0.25) is 0 Å². The molecule has 1 aromatic heterocycles. The van der Waals surface area contributed by atoms with E-state index in [0.717, 1.165) is 22.4 Å². The Morgan fingerprint density at radius 1 is 0.969 bits per heavy atom. The van der Waals surface area contributed by atoms with Gasteiger partial charge in [0, 0.05) is 22.1 Å². The van der Waals surface area contributed by atoms with E-state index in [1.807, 2.05) is 44.2 Å². The summed E-state index contributed by atoms with van der Waals surface area (Å²) in [6.45, 7) is 4.01. The van der Waals surface area contributed by atoms with Crippen LogP contribution in [0.15, 0.2) is 83.1 Å². The molecule has 0 aliphatic rings. The Kier molecular flexibility index (Phi) is 6.06. The summed E-state index contributed by atoms with van der Waals surface area (Å²) < 4.78 is 44.8. The summed E-state index contributed by atoms with van der Waals surface area (Å²) in [4.78, 5) is 4.60. The van der Waals surface area contributed by atoms with Gasteiger partial charge in [-0.25, -0.2) is 12.8 Å². The van der Waals surface area contributed by atoms with E-state index < -0.39 is 9.84 Å². The molecule has 0 spiro atoms. The van der Waals surface area contributed by atoms with Crippen LogP contribution in [0, 0.1) is 19.7 Å². The normalized spacial score (nSPS) is 11.8. The van der Waals surface area contributed by atoms with Gasteiger partial charge >= 0.3 is 0 Å². The van der Waals surface area contributed by atoms with Crippen molar-refractivity contribution in [2.45, 2.75) is 25.3 Å². The van der Waals surface area contributed by atoms with Gasteiger partial charge in [0.15, 0.2) is 9.84 Å². The Bertz CT molecular complexity index is 1410. The zero-order valence-corrected chi connectivity index (χ0v) is 18.6. The molecule has 0 aliphatic carbocycles. The Balaban J connectivity index is 1.51. The largest absolute Gasteiger partial charge is 0.489 e. The summed E-state index contributed by atoms with van der Waals surface area (Å²) in [6.07, 6.45) is 1.60. The number of aromatic nitrogens is 1. The first-order valence-corrected chi connectivity index (χ1v) is 11.6.